The number of nitrogens with zero attached hydrogens (tertiary/aromatic N) is 2. The van der Waals surface area contributed by atoms with E-state index < -0.39 is 11.7 Å². The van der Waals surface area contributed by atoms with Crippen LogP contribution in [0, 0.1) is 5.82 Å². The number of fused-ring (bicyclic) bond motifs is 1. The molecular weight excluding hydrogens is 406 g/mol. The molecule has 0 saturated carbocycles. The lowest BCUT2D eigenvalue weighted by Crippen LogP contribution is -2.39. The average Bonchev–Trinajstić information content (AvgIpc) is 2.73. The summed E-state index contributed by atoms with van der Waals surface area (Å²) >= 11 is 0. The van der Waals surface area contributed by atoms with Gasteiger partial charge in [0, 0.05) is 18.8 Å². The SMILES string of the molecule is C=C(CN1CCC(c2ccc(C(F)(F)F)cc2)CC1)N1CCCc2cc(F)cc(N)c21. The van der Waals surface area contributed by atoms with Crippen molar-refractivity contribution in [2.75, 3.05) is 36.8 Å². The van der Waals surface area contributed by atoms with Gasteiger partial charge in [-0.05, 0) is 80.1 Å². The van der Waals surface area contributed by atoms with E-state index in [4.69, 9.17) is 5.73 Å². The Morgan fingerprint density at radius 2 is 1.74 bits per heavy atom. The van der Waals surface area contributed by atoms with E-state index in [9.17, 15) is 17.6 Å². The van der Waals surface area contributed by atoms with Gasteiger partial charge in [0.25, 0.3) is 0 Å². The van der Waals surface area contributed by atoms with Crippen LogP contribution in [-0.4, -0.2) is 31.1 Å². The number of piperidine rings is 1. The molecule has 31 heavy (non-hydrogen) atoms. The molecule has 7 heteroatoms. The lowest BCUT2D eigenvalue weighted by molar-refractivity contribution is -0.137. The Bertz CT molecular complexity index is 945. The first-order valence-electron chi connectivity index (χ1n) is 10.6. The smallest absolute Gasteiger partial charge is 0.397 e. The summed E-state index contributed by atoms with van der Waals surface area (Å²) in [7, 11) is 0. The number of alkyl halides is 3. The molecule has 0 amide bonds. The van der Waals surface area contributed by atoms with E-state index in [1.807, 2.05) is 0 Å². The Labute approximate surface area is 180 Å². The summed E-state index contributed by atoms with van der Waals surface area (Å²) in [6, 6.07) is 8.47. The lowest BCUT2D eigenvalue weighted by atomic mass is 9.89. The predicted octanol–water partition coefficient (Wildman–Crippen LogP) is 5.57. The van der Waals surface area contributed by atoms with E-state index in [1.165, 1.54) is 18.2 Å². The highest BCUT2D eigenvalue weighted by Crippen LogP contribution is 2.37. The number of nitrogen functional groups attached to an aromatic ring is 1. The Hall–Kier alpha value is -2.54. The maximum atomic E-state index is 13.7. The standard InChI is InChI=1S/C24H27F4N3/c1-16(31-10-2-3-19-13-21(25)14-22(29)23(19)31)15-30-11-8-18(9-12-30)17-4-6-20(7-5-17)24(26,27)28/h4-7,13-14,18H,1-3,8-12,15,29H2. The van der Waals surface area contributed by atoms with Crippen molar-refractivity contribution in [2.24, 2.45) is 0 Å². The van der Waals surface area contributed by atoms with Gasteiger partial charge in [-0.1, -0.05) is 18.7 Å². The average molecular weight is 433 g/mol. The van der Waals surface area contributed by atoms with Crippen LogP contribution in [0.5, 0.6) is 0 Å². The van der Waals surface area contributed by atoms with Crippen LogP contribution in [-0.2, 0) is 12.6 Å². The quantitative estimate of drug-likeness (QED) is 0.505. The molecular formula is C24H27F4N3. The Morgan fingerprint density at radius 3 is 2.39 bits per heavy atom. The minimum atomic E-state index is -4.30. The van der Waals surface area contributed by atoms with Gasteiger partial charge in [0.2, 0.25) is 0 Å². The van der Waals surface area contributed by atoms with Gasteiger partial charge in [0.1, 0.15) is 5.82 Å². The Kier molecular flexibility index (Phi) is 5.97. The second-order valence-corrected chi connectivity index (χ2v) is 8.49. The first-order valence-corrected chi connectivity index (χ1v) is 10.6. The van der Waals surface area contributed by atoms with Gasteiger partial charge in [-0.3, -0.25) is 4.90 Å². The molecule has 2 aromatic rings. The molecule has 1 fully saturated rings. The third-order valence-electron chi connectivity index (χ3n) is 6.37. The molecule has 0 spiro atoms. The number of likely N-dealkylation sites (tertiary alicyclic amines) is 1. The molecule has 2 aliphatic heterocycles. The number of aryl methyl sites for hydroxylation is 1. The van der Waals surface area contributed by atoms with Crippen LogP contribution < -0.4 is 10.6 Å². The Morgan fingerprint density at radius 1 is 1.06 bits per heavy atom. The van der Waals surface area contributed by atoms with Gasteiger partial charge in [0.05, 0.1) is 16.9 Å². The van der Waals surface area contributed by atoms with Crippen molar-refractivity contribution < 1.29 is 17.6 Å². The number of benzene rings is 2. The molecule has 0 aromatic heterocycles. The van der Waals surface area contributed by atoms with Crippen LogP contribution in [0.25, 0.3) is 0 Å². The second kappa shape index (κ2) is 8.54. The van der Waals surface area contributed by atoms with E-state index in [0.29, 0.717) is 12.2 Å². The zero-order valence-corrected chi connectivity index (χ0v) is 17.4. The first-order chi connectivity index (χ1) is 14.7. The van der Waals surface area contributed by atoms with E-state index in [-0.39, 0.29) is 11.7 Å². The highest BCUT2D eigenvalue weighted by atomic mass is 19.4. The van der Waals surface area contributed by atoms with Gasteiger partial charge in [-0.2, -0.15) is 13.2 Å². The van der Waals surface area contributed by atoms with Crippen molar-refractivity contribution in [1.29, 1.82) is 0 Å². The topological polar surface area (TPSA) is 32.5 Å². The maximum absolute atomic E-state index is 13.7. The van der Waals surface area contributed by atoms with Crippen LogP contribution in [0.2, 0.25) is 0 Å². The van der Waals surface area contributed by atoms with Crippen LogP contribution in [0.4, 0.5) is 28.9 Å². The highest BCUT2D eigenvalue weighted by molar-refractivity contribution is 5.75. The zero-order valence-electron chi connectivity index (χ0n) is 17.4. The normalized spacial score (nSPS) is 18.1. The summed E-state index contributed by atoms with van der Waals surface area (Å²) in [5.74, 6) is -0.0461. The van der Waals surface area contributed by atoms with E-state index >= 15 is 0 Å². The molecule has 2 aromatic carbocycles. The molecule has 2 N–H and O–H groups in total. The van der Waals surface area contributed by atoms with E-state index in [2.05, 4.69) is 16.4 Å². The molecule has 3 nitrogen and oxygen atoms in total. The summed E-state index contributed by atoms with van der Waals surface area (Å²) < 4.78 is 52.1. The molecule has 4 rings (SSSR count). The number of hydrogen-bond acceptors (Lipinski definition) is 3. The molecule has 1 saturated heterocycles. The number of halogens is 4. The summed E-state index contributed by atoms with van der Waals surface area (Å²) in [6.45, 7) is 7.48. The molecule has 0 bridgehead atoms. The Balaban J connectivity index is 1.36. The number of hydrogen-bond donors (Lipinski definition) is 1. The van der Waals surface area contributed by atoms with Gasteiger partial charge in [0.15, 0.2) is 0 Å². The lowest BCUT2D eigenvalue weighted by Gasteiger charge is -2.38. The van der Waals surface area contributed by atoms with Crippen molar-refractivity contribution in [1.82, 2.24) is 4.90 Å². The van der Waals surface area contributed by atoms with Gasteiger partial charge in [-0.15, -0.1) is 0 Å². The fourth-order valence-electron chi connectivity index (χ4n) is 4.77. The summed E-state index contributed by atoms with van der Waals surface area (Å²) in [6.07, 6.45) is -0.792. The van der Waals surface area contributed by atoms with Crippen molar-refractivity contribution >= 4 is 11.4 Å². The summed E-state index contributed by atoms with van der Waals surface area (Å²) in [4.78, 5) is 4.42. The molecule has 2 aliphatic rings. The van der Waals surface area contributed by atoms with Gasteiger partial charge >= 0.3 is 6.18 Å². The number of rotatable bonds is 4. The minimum Gasteiger partial charge on any atom is -0.397 e. The summed E-state index contributed by atoms with van der Waals surface area (Å²) in [5.41, 5.74) is 9.65. The molecule has 0 atom stereocenters. The molecule has 166 valence electrons. The maximum Gasteiger partial charge on any atom is 0.416 e. The first kappa shape index (κ1) is 21.7. The van der Waals surface area contributed by atoms with E-state index in [1.54, 1.807) is 18.2 Å². The summed E-state index contributed by atoms with van der Waals surface area (Å²) in [5, 5.41) is 0. The fourth-order valence-corrected chi connectivity index (χ4v) is 4.77. The zero-order chi connectivity index (χ0) is 22.2. The molecule has 2 heterocycles. The monoisotopic (exact) mass is 433 g/mol. The molecule has 0 unspecified atom stereocenters. The third-order valence-corrected chi connectivity index (χ3v) is 6.37. The van der Waals surface area contributed by atoms with Crippen LogP contribution in [0.3, 0.4) is 0 Å². The molecule has 0 radical (unpaired) electrons. The van der Waals surface area contributed by atoms with Crippen molar-refractivity contribution in [3.05, 3.63) is 71.2 Å². The second-order valence-electron chi connectivity index (χ2n) is 8.49. The third kappa shape index (κ3) is 4.71. The predicted molar refractivity (Wildman–Crippen MR) is 115 cm³/mol. The molecule has 0 aliphatic carbocycles. The highest BCUT2D eigenvalue weighted by Gasteiger charge is 2.31. The van der Waals surface area contributed by atoms with Crippen LogP contribution in [0.1, 0.15) is 41.9 Å². The number of anilines is 2. The van der Waals surface area contributed by atoms with Crippen molar-refractivity contribution in [3.63, 3.8) is 0 Å². The van der Waals surface area contributed by atoms with Gasteiger partial charge < -0.3 is 10.6 Å². The number of nitrogens with two attached hydrogens (primary N) is 1. The fraction of sp³-hybridized carbons (Fsp3) is 0.417. The van der Waals surface area contributed by atoms with Crippen LogP contribution in [0.15, 0.2) is 48.7 Å². The minimum absolute atomic E-state index is 0.265. The van der Waals surface area contributed by atoms with Gasteiger partial charge in [-0.25, -0.2) is 4.39 Å². The van der Waals surface area contributed by atoms with Crippen molar-refractivity contribution in [2.45, 2.75) is 37.8 Å². The van der Waals surface area contributed by atoms with Crippen LogP contribution >= 0.6 is 0 Å². The van der Waals surface area contributed by atoms with Crippen molar-refractivity contribution in [3.8, 4) is 0 Å². The largest absolute Gasteiger partial charge is 0.416 e. The van der Waals surface area contributed by atoms with E-state index in [0.717, 1.165) is 67.8 Å².